The molecule has 1 fully saturated rings. The van der Waals surface area contributed by atoms with Gasteiger partial charge in [0.15, 0.2) is 6.23 Å². The van der Waals surface area contributed by atoms with Crippen molar-refractivity contribution in [2.45, 2.75) is 26.1 Å². The van der Waals surface area contributed by atoms with Crippen LogP contribution in [-0.4, -0.2) is 17.3 Å². The second-order valence-electron chi connectivity index (χ2n) is 3.72. The molecule has 1 aromatic carbocycles. The topological polar surface area (TPSA) is 15.5 Å². The summed E-state index contributed by atoms with van der Waals surface area (Å²) in [4.78, 5) is 5.35. The van der Waals surface area contributed by atoms with Gasteiger partial charge in [0, 0.05) is 6.04 Å². The maximum Gasteiger partial charge on any atom is 0.173 e. The van der Waals surface area contributed by atoms with Gasteiger partial charge in [-0.25, -0.2) is 0 Å². The Bertz CT molecular complexity index is 318. The van der Waals surface area contributed by atoms with Crippen molar-refractivity contribution in [3.8, 4) is 0 Å². The van der Waals surface area contributed by atoms with E-state index in [9.17, 15) is 0 Å². The lowest BCUT2D eigenvalue weighted by molar-refractivity contribution is 0.164. The third-order valence-electron chi connectivity index (χ3n) is 2.20. The molecule has 2 heteroatoms. The van der Waals surface area contributed by atoms with Crippen molar-refractivity contribution >= 4 is 6.08 Å². The van der Waals surface area contributed by atoms with Crippen LogP contribution in [0.15, 0.2) is 36.4 Å². The van der Waals surface area contributed by atoms with Gasteiger partial charge < -0.3 is 0 Å². The van der Waals surface area contributed by atoms with Crippen molar-refractivity contribution in [1.29, 1.82) is 0 Å². The normalized spacial score (nSPS) is 25.9. The molecule has 0 saturated carbocycles. The minimum Gasteiger partial charge on any atom is -0.270 e. The highest BCUT2D eigenvalue weighted by atomic mass is 16.8. The summed E-state index contributed by atoms with van der Waals surface area (Å²) < 4.78 is 0. The highest BCUT2D eigenvalue weighted by Gasteiger charge is 2.35. The van der Waals surface area contributed by atoms with E-state index in [2.05, 4.69) is 38.1 Å². The molecular weight excluding hydrogens is 174 g/mol. The molecule has 0 aliphatic carbocycles. The highest BCUT2D eigenvalue weighted by Crippen LogP contribution is 2.25. The van der Waals surface area contributed by atoms with E-state index in [0.717, 1.165) is 0 Å². The molecule has 74 valence electrons. The van der Waals surface area contributed by atoms with Crippen LogP contribution in [0.4, 0.5) is 0 Å². The van der Waals surface area contributed by atoms with Gasteiger partial charge in [-0.15, -0.1) is 0 Å². The lowest BCUT2D eigenvalue weighted by Gasteiger charge is -1.97. The van der Waals surface area contributed by atoms with Crippen LogP contribution in [0.1, 0.15) is 19.4 Å². The predicted octanol–water partition coefficient (Wildman–Crippen LogP) is 2.68. The average Bonchev–Trinajstić information content (AvgIpc) is 2.96. The molecule has 2 rings (SSSR count). The van der Waals surface area contributed by atoms with E-state index in [1.807, 2.05) is 23.3 Å². The standard InChI is InChI=1S/C12H15NO/c1-10(2)13-12(14-13)9-8-11-6-4-3-5-7-11/h3-10,12H,1-2H3. The number of rotatable bonds is 3. The van der Waals surface area contributed by atoms with Gasteiger partial charge in [-0.05, 0) is 25.5 Å². The van der Waals surface area contributed by atoms with Crippen LogP contribution < -0.4 is 0 Å². The molecule has 0 amide bonds. The van der Waals surface area contributed by atoms with Gasteiger partial charge >= 0.3 is 0 Å². The number of hydrogen-bond donors (Lipinski definition) is 0. The Hall–Kier alpha value is -1.12. The van der Waals surface area contributed by atoms with E-state index < -0.39 is 0 Å². The smallest absolute Gasteiger partial charge is 0.173 e. The number of hydrogen-bond acceptors (Lipinski definition) is 2. The monoisotopic (exact) mass is 189 g/mol. The molecular formula is C12H15NO. The van der Waals surface area contributed by atoms with Crippen molar-refractivity contribution in [3.05, 3.63) is 42.0 Å². The molecule has 1 aromatic rings. The average molecular weight is 189 g/mol. The molecule has 14 heavy (non-hydrogen) atoms. The van der Waals surface area contributed by atoms with Gasteiger partial charge in [0.25, 0.3) is 0 Å². The SMILES string of the molecule is CC(C)N1OC1C=Cc1ccccc1. The second kappa shape index (κ2) is 3.95. The van der Waals surface area contributed by atoms with Gasteiger partial charge in [0.1, 0.15) is 0 Å². The zero-order valence-electron chi connectivity index (χ0n) is 8.55. The van der Waals surface area contributed by atoms with E-state index >= 15 is 0 Å². The third kappa shape index (κ3) is 2.22. The largest absolute Gasteiger partial charge is 0.270 e. The molecule has 2 atom stereocenters. The molecule has 0 bridgehead atoms. The first kappa shape index (κ1) is 9.44. The maximum atomic E-state index is 5.35. The Morgan fingerprint density at radius 3 is 2.57 bits per heavy atom. The summed E-state index contributed by atoms with van der Waals surface area (Å²) in [6.45, 7) is 4.24. The van der Waals surface area contributed by atoms with Crippen LogP contribution in [0.25, 0.3) is 6.08 Å². The molecule has 1 aliphatic rings. The van der Waals surface area contributed by atoms with Crippen LogP contribution in [0.2, 0.25) is 0 Å². The molecule has 0 aromatic heterocycles. The van der Waals surface area contributed by atoms with E-state index in [4.69, 9.17) is 4.84 Å². The van der Waals surface area contributed by atoms with Crippen LogP contribution in [0.3, 0.4) is 0 Å². The van der Waals surface area contributed by atoms with Gasteiger partial charge in [-0.3, -0.25) is 4.84 Å². The Labute approximate surface area is 84.8 Å². The fraction of sp³-hybridized carbons (Fsp3) is 0.333. The second-order valence-corrected chi connectivity index (χ2v) is 3.72. The molecule has 2 nitrogen and oxygen atoms in total. The number of hydroxylamine groups is 2. The summed E-state index contributed by atoms with van der Waals surface area (Å²) >= 11 is 0. The molecule has 1 aliphatic heterocycles. The predicted molar refractivity (Wildman–Crippen MR) is 57.3 cm³/mol. The minimum atomic E-state index is 0.176. The van der Waals surface area contributed by atoms with Gasteiger partial charge in [0.05, 0.1) is 0 Å². The molecule has 1 saturated heterocycles. The Balaban J connectivity index is 1.91. The van der Waals surface area contributed by atoms with E-state index in [1.54, 1.807) is 0 Å². The van der Waals surface area contributed by atoms with Crippen molar-refractivity contribution < 1.29 is 4.84 Å². The molecule has 0 spiro atoms. The zero-order chi connectivity index (χ0) is 9.97. The third-order valence-corrected chi connectivity index (χ3v) is 2.20. The summed E-state index contributed by atoms with van der Waals surface area (Å²) in [5.41, 5.74) is 1.21. The van der Waals surface area contributed by atoms with E-state index in [0.29, 0.717) is 6.04 Å². The minimum absolute atomic E-state index is 0.176. The first-order valence-corrected chi connectivity index (χ1v) is 4.96. The Morgan fingerprint density at radius 1 is 1.29 bits per heavy atom. The lowest BCUT2D eigenvalue weighted by Crippen LogP contribution is -2.10. The summed E-state index contributed by atoms with van der Waals surface area (Å²) in [5.74, 6) is 0. The Morgan fingerprint density at radius 2 is 2.00 bits per heavy atom. The zero-order valence-corrected chi connectivity index (χ0v) is 8.55. The fourth-order valence-electron chi connectivity index (χ4n) is 1.39. The van der Waals surface area contributed by atoms with E-state index in [-0.39, 0.29) is 6.23 Å². The summed E-state index contributed by atoms with van der Waals surface area (Å²) in [7, 11) is 0. The number of benzene rings is 1. The maximum absolute atomic E-state index is 5.35. The lowest BCUT2D eigenvalue weighted by atomic mass is 10.2. The molecule has 0 radical (unpaired) electrons. The number of nitrogens with zero attached hydrogens (tertiary/aromatic N) is 1. The highest BCUT2D eigenvalue weighted by molar-refractivity contribution is 5.49. The van der Waals surface area contributed by atoms with Crippen molar-refractivity contribution in [1.82, 2.24) is 5.06 Å². The van der Waals surface area contributed by atoms with Crippen LogP contribution in [-0.2, 0) is 4.84 Å². The van der Waals surface area contributed by atoms with Crippen molar-refractivity contribution in [2.75, 3.05) is 0 Å². The molecule has 2 unspecified atom stereocenters. The van der Waals surface area contributed by atoms with Crippen LogP contribution >= 0.6 is 0 Å². The summed E-state index contributed by atoms with van der Waals surface area (Å²) in [6, 6.07) is 10.7. The molecule has 0 N–H and O–H groups in total. The summed E-state index contributed by atoms with van der Waals surface area (Å²) in [5, 5.41) is 1.97. The van der Waals surface area contributed by atoms with Crippen LogP contribution in [0, 0.1) is 0 Å². The summed E-state index contributed by atoms with van der Waals surface area (Å²) in [6.07, 6.45) is 4.35. The van der Waals surface area contributed by atoms with Crippen LogP contribution in [0.5, 0.6) is 0 Å². The van der Waals surface area contributed by atoms with Crippen molar-refractivity contribution in [3.63, 3.8) is 0 Å². The first-order valence-electron chi connectivity index (χ1n) is 4.96. The quantitative estimate of drug-likeness (QED) is 0.679. The fourth-order valence-corrected chi connectivity index (χ4v) is 1.39. The van der Waals surface area contributed by atoms with Crippen molar-refractivity contribution in [2.24, 2.45) is 0 Å². The Kier molecular flexibility index (Phi) is 2.66. The van der Waals surface area contributed by atoms with Gasteiger partial charge in [-0.2, -0.15) is 5.06 Å². The molecule has 1 heterocycles. The first-order chi connectivity index (χ1) is 6.77. The van der Waals surface area contributed by atoms with Gasteiger partial charge in [0.2, 0.25) is 0 Å². The van der Waals surface area contributed by atoms with Gasteiger partial charge in [-0.1, -0.05) is 36.4 Å². The van der Waals surface area contributed by atoms with E-state index in [1.165, 1.54) is 5.56 Å².